The highest BCUT2D eigenvalue weighted by atomic mass is 16.5. The first-order chi connectivity index (χ1) is 11.5. The lowest BCUT2D eigenvalue weighted by Gasteiger charge is -2.26. The van der Waals surface area contributed by atoms with Crippen LogP contribution in [0.2, 0.25) is 0 Å². The molecular formula is C16H18N4O4. The second-order valence-electron chi connectivity index (χ2n) is 5.68. The lowest BCUT2D eigenvalue weighted by atomic mass is 9.87. The highest BCUT2D eigenvalue weighted by Crippen LogP contribution is 2.32. The number of aromatic amines is 2. The van der Waals surface area contributed by atoms with Crippen LogP contribution in [-0.2, 0) is 6.42 Å². The summed E-state index contributed by atoms with van der Waals surface area (Å²) in [6.07, 6.45) is 2.58. The number of benzene rings is 1. The van der Waals surface area contributed by atoms with Gasteiger partial charge in [-0.2, -0.15) is 0 Å². The molecule has 8 nitrogen and oxygen atoms in total. The molecule has 24 heavy (non-hydrogen) atoms. The number of carbonyl (C=O) groups excluding carboxylic acids is 1. The summed E-state index contributed by atoms with van der Waals surface area (Å²) >= 11 is 0. The molecule has 1 atom stereocenters. The van der Waals surface area contributed by atoms with Crippen molar-refractivity contribution in [3.05, 3.63) is 55.9 Å². The summed E-state index contributed by atoms with van der Waals surface area (Å²) in [6, 6.07) is 5.50. The van der Waals surface area contributed by atoms with Gasteiger partial charge in [-0.15, -0.1) is 0 Å². The van der Waals surface area contributed by atoms with Crippen molar-refractivity contribution in [3.8, 4) is 5.75 Å². The normalized spacial score (nSPS) is 16.3. The Kier molecular flexibility index (Phi) is 4.11. The summed E-state index contributed by atoms with van der Waals surface area (Å²) in [5, 5.41) is 2.84. The summed E-state index contributed by atoms with van der Waals surface area (Å²) in [4.78, 5) is 39.6. The van der Waals surface area contributed by atoms with Gasteiger partial charge in [-0.25, -0.2) is 4.79 Å². The number of ether oxygens (including phenoxy) is 1. The monoisotopic (exact) mass is 330 g/mol. The smallest absolute Gasteiger partial charge is 0.326 e. The molecule has 8 heteroatoms. The standard InChI is InChI=1S/C16H18N4O4/c1-24-9-5-6-10-8(7-9)3-2-4-11(10)18-15(22)13-12(17)14(21)20-16(23)19-13/h5-7,11H,2-4,17H2,1H3,(H,18,22)(H2,19,20,21,23). The number of carbonyl (C=O) groups is 1. The molecule has 0 aliphatic heterocycles. The minimum Gasteiger partial charge on any atom is -0.497 e. The van der Waals surface area contributed by atoms with Crippen molar-refractivity contribution in [1.29, 1.82) is 0 Å². The summed E-state index contributed by atoms with van der Waals surface area (Å²) in [6.45, 7) is 0. The molecule has 0 fully saturated rings. The van der Waals surface area contributed by atoms with Gasteiger partial charge in [-0.05, 0) is 42.5 Å². The Hall–Kier alpha value is -3.03. The van der Waals surface area contributed by atoms with Gasteiger partial charge >= 0.3 is 5.69 Å². The molecule has 1 heterocycles. The Balaban J connectivity index is 1.89. The first kappa shape index (κ1) is 15.9. The number of fused-ring (bicyclic) bond motifs is 1. The number of anilines is 1. The number of aromatic nitrogens is 2. The number of hydrogen-bond acceptors (Lipinski definition) is 5. The van der Waals surface area contributed by atoms with Crippen molar-refractivity contribution < 1.29 is 9.53 Å². The van der Waals surface area contributed by atoms with Gasteiger partial charge in [-0.1, -0.05) is 6.07 Å². The second kappa shape index (κ2) is 6.23. The summed E-state index contributed by atoms with van der Waals surface area (Å²) in [5.41, 5.74) is 5.63. The highest BCUT2D eigenvalue weighted by Gasteiger charge is 2.24. The molecule has 1 aliphatic carbocycles. The fourth-order valence-corrected chi connectivity index (χ4v) is 2.97. The predicted octanol–water partition coefficient (Wildman–Crippen LogP) is 0.461. The zero-order valence-corrected chi connectivity index (χ0v) is 13.1. The van der Waals surface area contributed by atoms with E-state index in [0.29, 0.717) is 0 Å². The number of amides is 1. The molecule has 1 aliphatic rings. The molecule has 2 aromatic rings. The molecule has 3 rings (SSSR count). The SMILES string of the molecule is COc1ccc2c(c1)CCCC2NC(=O)c1[nH]c(=O)[nH]c(=O)c1N. The van der Waals surface area contributed by atoms with E-state index in [4.69, 9.17) is 10.5 Å². The summed E-state index contributed by atoms with van der Waals surface area (Å²) < 4.78 is 5.23. The van der Waals surface area contributed by atoms with Crippen LogP contribution in [0.15, 0.2) is 27.8 Å². The largest absolute Gasteiger partial charge is 0.497 e. The highest BCUT2D eigenvalue weighted by molar-refractivity contribution is 5.97. The molecular weight excluding hydrogens is 312 g/mol. The number of nitrogens with two attached hydrogens (primary N) is 1. The first-order valence-electron chi connectivity index (χ1n) is 7.59. The third-order valence-electron chi connectivity index (χ3n) is 4.18. The molecule has 5 N–H and O–H groups in total. The third-order valence-corrected chi connectivity index (χ3v) is 4.18. The Morgan fingerprint density at radius 1 is 1.33 bits per heavy atom. The van der Waals surface area contributed by atoms with Crippen LogP contribution in [0.4, 0.5) is 5.69 Å². The summed E-state index contributed by atoms with van der Waals surface area (Å²) in [7, 11) is 1.61. The van der Waals surface area contributed by atoms with E-state index in [1.807, 2.05) is 23.2 Å². The van der Waals surface area contributed by atoms with Gasteiger partial charge < -0.3 is 20.8 Å². The zero-order valence-electron chi connectivity index (χ0n) is 13.1. The predicted molar refractivity (Wildman–Crippen MR) is 88.2 cm³/mol. The maximum atomic E-state index is 12.4. The average Bonchev–Trinajstić information content (AvgIpc) is 2.57. The molecule has 1 aromatic carbocycles. The minimum atomic E-state index is -0.780. The van der Waals surface area contributed by atoms with Crippen molar-refractivity contribution in [2.75, 3.05) is 12.8 Å². The molecule has 0 saturated heterocycles. The topological polar surface area (TPSA) is 130 Å². The van der Waals surface area contributed by atoms with E-state index in [1.165, 1.54) is 0 Å². The fraction of sp³-hybridized carbons (Fsp3) is 0.312. The average molecular weight is 330 g/mol. The number of nitrogen functional groups attached to an aromatic ring is 1. The van der Waals surface area contributed by atoms with Gasteiger partial charge in [0.1, 0.15) is 17.1 Å². The fourth-order valence-electron chi connectivity index (χ4n) is 2.97. The van der Waals surface area contributed by atoms with Gasteiger partial charge in [0.2, 0.25) is 0 Å². The molecule has 0 radical (unpaired) electrons. The molecule has 0 saturated carbocycles. The van der Waals surface area contributed by atoms with Crippen molar-refractivity contribution >= 4 is 11.6 Å². The van der Waals surface area contributed by atoms with E-state index < -0.39 is 17.2 Å². The van der Waals surface area contributed by atoms with Crippen LogP contribution in [0.5, 0.6) is 5.75 Å². The van der Waals surface area contributed by atoms with Crippen LogP contribution in [0.3, 0.4) is 0 Å². The van der Waals surface area contributed by atoms with Crippen LogP contribution in [-0.4, -0.2) is 23.0 Å². The number of hydrogen-bond donors (Lipinski definition) is 4. The van der Waals surface area contributed by atoms with Crippen molar-refractivity contribution in [1.82, 2.24) is 15.3 Å². The van der Waals surface area contributed by atoms with Crippen LogP contribution >= 0.6 is 0 Å². The van der Waals surface area contributed by atoms with E-state index in [9.17, 15) is 14.4 Å². The second-order valence-corrected chi connectivity index (χ2v) is 5.68. The van der Waals surface area contributed by atoms with Crippen molar-refractivity contribution in [2.45, 2.75) is 25.3 Å². The number of H-pyrrole nitrogens is 2. The Morgan fingerprint density at radius 2 is 2.12 bits per heavy atom. The van der Waals surface area contributed by atoms with Crippen LogP contribution < -0.4 is 27.0 Å². The van der Waals surface area contributed by atoms with Gasteiger partial charge in [0.05, 0.1) is 13.2 Å². The Morgan fingerprint density at radius 3 is 2.88 bits per heavy atom. The van der Waals surface area contributed by atoms with Gasteiger partial charge in [0, 0.05) is 0 Å². The van der Waals surface area contributed by atoms with Gasteiger partial charge in [-0.3, -0.25) is 14.6 Å². The lowest BCUT2D eigenvalue weighted by Crippen LogP contribution is -2.36. The zero-order chi connectivity index (χ0) is 17.3. The van der Waals surface area contributed by atoms with E-state index in [1.54, 1.807) is 7.11 Å². The quantitative estimate of drug-likeness (QED) is 0.649. The number of aryl methyl sites for hydroxylation is 1. The molecule has 126 valence electrons. The van der Waals surface area contributed by atoms with Gasteiger partial charge in [0.15, 0.2) is 0 Å². The van der Waals surface area contributed by atoms with Crippen molar-refractivity contribution in [2.24, 2.45) is 0 Å². The van der Waals surface area contributed by atoms with Crippen LogP contribution in [0.25, 0.3) is 0 Å². The van der Waals surface area contributed by atoms with Crippen LogP contribution in [0.1, 0.15) is 40.5 Å². The first-order valence-corrected chi connectivity index (χ1v) is 7.59. The maximum absolute atomic E-state index is 12.4. The van der Waals surface area contributed by atoms with E-state index in [2.05, 4.69) is 10.3 Å². The number of methoxy groups -OCH3 is 1. The van der Waals surface area contributed by atoms with Crippen molar-refractivity contribution in [3.63, 3.8) is 0 Å². The van der Waals surface area contributed by atoms with E-state index in [0.717, 1.165) is 36.1 Å². The van der Waals surface area contributed by atoms with Crippen LogP contribution in [0, 0.1) is 0 Å². The Bertz CT molecular complexity index is 900. The maximum Gasteiger partial charge on any atom is 0.326 e. The lowest BCUT2D eigenvalue weighted by molar-refractivity contribution is 0.0928. The van der Waals surface area contributed by atoms with E-state index in [-0.39, 0.29) is 17.4 Å². The molecule has 0 bridgehead atoms. The third kappa shape index (κ3) is 2.90. The van der Waals surface area contributed by atoms with Gasteiger partial charge in [0.25, 0.3) is 11.5 Å². The number of nitrogens with one attached hydrogen (secondary N) is 3. The minimum absolute atomic E-state index is 0.214. The Labute approximate surface area is 137 Å². The molecule has 1 aromatic heterocycles. The molecule has 1 amide bonds. The molecule has 0 spiro atoms. The summed E-state index contributed by atoms with van der Waals surface area (Å²) in [5.74, 6) is 0.188. The molecule has 1 unspecified atom stereocenters. The number of rotatable bonds is 3. The van der Waals surface area contributed by atoms with E-state index >= 15 is 0 Å².